The maximum absolute atomic E-state index is 12.9. The molecule has 0 atom stereocenters. The number of rotatable bonds is 17. The highest BCUT2D eigenvalue weighted by atomic mass is 16.2. The Morgan fingerprint density at radius 1 is 0.757 bits per heavy atom. The fourth-order valence-corrected chi connectivity index (χ4v) is 3.97. The quantitative estimate of drug-likeness (QED) is 0.203. The molecule has 0 unspecified atom stereocenters. The molecule has 0 amide bonds. The van der Waals surface area contributed by atoms with E-state index in [2.05, 4.69) is 105 Å². The molecule has 198 valence electrons. The molecule has 1 aromatic heterocycles. The summed E-state index contributed by atoms with van der Waals surface area (Å²) in [5, 5.41) is 1.19. The van der Waals surface area contributed by atoms with Crippen molar-refractivity contribution in [2.75, 3.05) is 20.6 Å². The molecule has 3 nitrogen and oxygen atoms in total. The molecule has 0 fully saturated rings. The molecular weight excluding hydrogens is 452 g/mol. The number of carbonyl (C=O) groups is 1. The van der Waals surface area contributed by atoms with Gasteiger partial charge in [-0.15, -0.1) is 0 Å². The molecule has 0 saturated heterocycles. The van der Waals surface area contributed by atoms with Crippen molar-refractivity contribution < 1.29 is 4.79 Å². The number of nitrogens with zero attached hydrogens (tertiary/aromatic N) is 2. The molecule has 0 saturated carbocycles. The lowest BCUT2D eigenvalue weighted by atomic mass is 10.1. The van der Waals surface area contributed by atoms with E-state index in [1.807, 2.05) is 29.0 Å². The first-order valence-electron chi connectivity index (χ1n) is 13.8. The molecule has 0 aliphatic rings. The molecule has 2 aromatic rings. The summed E-state index contributed by atoms with van der Waals surface area (Å²) in [7, 11) is 4.16. The first-order chi connectivity index (χ1) is 18.1. The van der Waals surface area contributed by atoms with Crippen LogP contribution in [0.15, 0.2) is 103 Å². The Morgan fingerprint density at radius 3 is 1.81 bits per heavy atom. The summed E-state index contributed by atoms with van der Waals surface area (Å²) >= 11 is 0. The van der Waals surface area contributed by atoms with Gasteiger partial charge in [-0.05, 0) is 77.1 Å². The normalized spacial score (nSPS) is 13.0. The number of benzene rings is 1. The van der Waals surface area contributed by atoms with E-state index in [9.17, 15) is 4.79 Å². The van der Waals surface area contributed by atoms with E-state index in [1.54, 1.807) is 0 Å². The van der Waals surface area contributed by atoms with E-state index in [1.165, 1.54) is 10.9 Å². The average Bonchev–Trinajstić information content (AvgIpc) is 3.27. The minimum absolute atomic E-state index is 0.159. The molecule has 0 bridgehead atoms. The first kappa shape index (κ1) is 30.1. The summed E-state index contributed by atoms with van der Waals surface area (Å²) in [5.41, 5.74) is 2.26. The van der Waals surface area contributed by atoms with Crippen LogP contribution >= 0.6 is 0 Å². The topological polar surface area (TPSA) is 25.2 Å². The summed E-state index contributed by atoms with van der Waals surface area (Å²) in [6.07, 6.45) is 36.6. The minimum atomic E-state index is 0.159. The maximum Gasteiger partial charge on any atom is 0.231 e. The Labute approximate surface area is 225 Å². The van der Waals surface area contributed by atoms with Gasteiger partial charge in [0.2, 0.25) is 5.91 Å². The van der Waals surface area contributed by atoms with Gasteiger partial charge in [0, 0.05) is 24.5 Å². The molecule has 1 aromatic carbocycles. The number of aromatic nitrogens is 1. The molecule has 0 aliphatic carbocycles. The second-order valence-electron chi connectivity index (χ2n) is 9.44. The highest BCUT2D eigenvalue weighted by Crippen LogP contribution is 2.22. The molecule has 1 heterocycles. The number of hydrogen-bond acceptors (Lipinski definition) is 2. The van der Waals surface area contributed by atoms with Gasteiger partial charge in [-0.1, -0.05) is 98.0 Å². The van der Waals surface area contributed by atoms with Crippen LogP contribution in [0.5, 0.6) is 0 Å². The second-order valence-corrected chi connectivity index (χ2v) is 9.44. The van der Waals surface area contributed by atoms with Crippen molar-refractivity contribution in [2.24, 2.45) is 0 Å². The van der Waals surface area contributed by atoms with Crippen molar-refractivity contribution in [1.82, 2.24) is 9.47 Å². The summed E-state index contributed by atoms with van der Waals surface area (Å²) in [4.78, 5) is 15.1. The average molecular weight is 499 g/mol. The number of para-hydroxylation sites is 1. The van der Waals surface area contributed by atoms with Gasteiger partial charge < -0.3 is 4.90 Å². The van der Waals surface area contributed by atoms with Crippen molar-refractivity contribution >= 4 is 16.8 Å². The first-order valence-corrected chi connectivity index (χ1v) is 13.8. The zero-order valence-corrected chi connectivity index (χ0v) is 23.2. The van der Waals surface area contributed by atoms with Crippen molar-refractivity contribution in [3.63, 3.8) is 0 Å². The molecule has 2 rings (SSSR count). The third-order valence-corrected chi connectivity index (χ3v) is 6.01. The summed E-state index contributed by atoms with van der Waals surface area (Å²) in [6, 6.07) is 8.22. The van der Waals surface area contributed by atoms with Crippen molar-refractivity contribution in [1.29, 1.82) is 0 Å². The van der Waals surface area contributed by atoms with Crippen LogP contribution in [0.1, 0.15) is 68.6 Å². The SMILES string of the molecule is CC/C=C\C/C=C\C/C=C\C/C=C\C/C=C\C/C=C\CCC(=O)n1cc(CCN(C)C)c2ccccc21. The Hall–Kier alpha value is -3.17. The Kier molecular flexibility index (Phi) is 15.4. The van der Waals surface area contributed by atoms with Crippen molar-refractivity contribution in [2.45, 2.75) is 64.7 Å². The van der Waals surface area contributed by atoms with E-state index in [-0.39, 0.29) is 5.91 Å². The van der Waals surface area contributed by atoms with E-state index in [0.717, 1.165) is 63.4 Å². The summed E-state index contributed by atoms with van der Waals surface area (Å²) in [5.74, 6) is 0.159. The van der Waals surface area contributed by atoms with Crippen LogP contribution in [0.4, 0.5) is 0 Å². The van der Waals surface area contributed by atoms with Crippen LogP contribution in [0.3, 0.4) is 0 Å². The summed E-state index contributed by atoms with van der Waals surface area (Å²) < 4.78 is 1.85. The number of hydrogen-bond donors (Lipinski definition) is 0. The number of allylic oxidation sites excluding steroid dienone is 12. The van der Waals surface area contributed by atoms with Crippen molar-refractivity contribution in [3.05, 3.63) is 109 Å². The molecule has 0 N–H and O–H groups in total. The van der Waals surface area contributed by atoms with Gasteiger partial charge in [0.05, 0.1) is 5.52 Å². The predicted octanol–water partition coefficient (Wildman–Crippen LogP) is 8.86. The maximum atomic E-state index is 12.9. The van der Waals surface area contributed by atoms with Gasteiger partial charge >= 0.3 is 0 Å². The highest BCUT2D eigenvalue weighted by molar-refractivity contribution is 5.94. The lowest BCUT2D eigenvalue weighted by Gasteiger charge is -2.07. The van der Waals surface area contributed by atoms with Crippen LogP contribution in [0, 0.1) is 0 Å². The molecule has 37 heavy (non-hydrogen) atoms. The van der Waals surface area contributed by atoms with Gasteiger partial charge in [0.15, 0.2) is 0 Å². The highest BCUT2D eigenvalue weighted by Gasteiger charge is 2.12. The fraction of sp³-hybridized carbons (Fsp3) is 0.382. The summed E-state index contributed by atoms with van der Waals surface area (Å²) in [6.45, 7) is 3.13. The monoisotopic (exact) mass is 498 g/mol. The zero-order valence-electron chi connectivity index (χ0n) is 23.2. The van der Waals surface area contributed by atoms with Crippen LogP contribution in [-0.4, -0.2) is 36.0 Å². The third kappa shape index (κ3) is 12.6. The Bertz CT molecular complexity index is 1090. The molecule has 0 spiro atoms. The lowest BCUT2D eigenvalue weighted by molar-refractivity contribution is 0.0909. The van der Waals surface area contributed by atoms with E-state index < -0.39 is 0 Å². The Morgan fingerprint density at radius 2 is 1.27 bits per heavy atom. The van der Waals surface area contributed by atoms with Crippen LogP contribution in [-0.2, 0) is 6.42 Å². The Balaban J connectivity index is 1.62. The number of fused-ring (bicyclic) bond motifs is 1. The third-order valence-electron chi connectivity index (χ3n) is 6.01. The van der Waals surface area contributed by atoms with Crippen molar-refractivity contribution in [3.8, 4) is 0 Å². The molecule has 0 radical (unpaired) electrons. The van der Waals surface area contributed by atoms with E-state index in [4.69, 9.17) is 0 Å². The lowest BCUT2D eigenvalue weighted by Crippen LogP contribution is -2.15. The zero-order chi connectivity index (χ0) is 26.6. The van der Waals surface area contributed by atoms with Crippen LogP contribution in [0.25, 0.3) is 10.9 Å². The van der Waals surface area contributed by atoms with Gasteiger partial charge in [-0.2, -0.15) is 0 Å². The predicted molar refractivity (Wildman–Crippen MR) is 162 cm³/mol. The largest absolute Gasteiger partial charge is 0.309 e. The standard InChI is InChI=1S/C34H46N2O/c1-4-5-6-7-8-9-10-11-12-13-14-15-16-17-18-19-20-21-22-27-34(37)36-30-31(28-29-35(2)3)32-25-23-24-26-33(32)36/h5-6,8-9,11-12,14-15,17-18,20-21,23-26,30H,4,7,10,13,16,19,22,27-29H2,1-3H3/b6-5-,9-8-,12-11-,15-14-,18-17-,21-20-. The smallest absolute Gasteiger partial charge is 0.231 e. The molecule has 0 aliphatic heterocycles. The molecular formula is C34H46N2O. The van der Waals surface area contributed by atoms with Gasteiger partial charge in [-0.3, -0.25) is 9.36 Å². The van der Waals surface area contributed by atoms with E-state index in [0.29, 0.717) is 6.42 Å². The molecule has 3 heteroatoms. The van der Waals surface area contributed by atoms with Gasteiger partial charge in [0.1, 0.15) is 0 Å². The van der Waals surface area contributed by atoms with Gasteiger partial charge in [-0.25, -0.2) is 0 Å². The number of carbonyl (C=O) groups excluding carboxylic acids is 1. The fourth-order valence-electron chi connectivity index (χ4n) is 3.97. The second kappa shape index (κ2) is 19.0. The number of likely N-dealkylation sites (N-methyl/N-ethyl adjacent to an activating group) is 1. The van der Waals surface area contributed by atoms with Crippen LogP contribution < -0.4 is 0 Å². The van der Waals surface area contributed by atoms with Crippen LogP contribution in [0.2, 0.25) is 0 Å². The van der Waals surface area contributed by atoms with Gasteiger partial charge in [0.25, 0.3) is 0 Å². The minimum Gasteiger partial charge on any atom is -0.309 e. The van der Waals surface area contributed by atoms with E-state index >= 15 is 0 Å².